The molecule has 9 heteroatoms. The number of carbonyl (C=O) groups is 1. The molecular weight excluding hydrogens is 415 g/mol. The van der Waals surface area contributed by atoms with E-state index in [-0.39, 0.29) is 11.5 Å². The second-order valence-corrected chi connectivity index (χ2v) is 8.35. The third kappa shape index (κ3) is 4.12. The van der Waals surface area contributed by atoms with Gasteiger partial charge in [0.25, 0.3) is 0 Å². The zero-order valence-corrected chi connectivity index (χ0v) is 17.9. The highest BCUT2D eigenvalue weighted by molar-refractivity contribution is 5.88. The molecule has 1 aromatic carbocycles. The standard InChI is InChI=1S/C23H25FN4O4/c1-30-23(29)19-3-2-4-21(25-19)31-14-15-5-7-17-13-28(10-9-27(17)12-15)22-18-11-16(24)6-8-20(18)32-26-22/h2-4,6,8,11,15,17H,5,7,9-10,12-14H2,1H3/t15-,17+/m1/s1. The summed E-state index contributed by atoms with van der Waals surface area (Å²) < 4.78 is 29.7. The van der Waals surface area contributed by atoms with Gasteiger partial charge in [0, 0.05) is 44.2 Å². The Morgan fingerprint density at radius 1 is 1.22 bits per heavy atom. The molecule has 0 radical (unpaired) electrons. The molecule has 4 heterocycles. The van der Waals surface area contributed by atoms with Crippen molar-refractivity contribution in [1.82, 2.24) is 15.0 Å². The van der Waals surface area contributed by atoms with E-state index in [4.69, 9.17) is 14.0 Å². The van der Waals surface area contributed by atoms with Gasteiger partial charge < -0.3 is 18.9 Å². The highest BCUT2D eigenvalue weighted by Gasteiger charge is 2.34. The Labute approximate surface area is 184 Å². The lowest BCUT2D eigenvalue weighted by Crippen LogP contribution is -2.57. The number of ether oxygens (including phenoxy) is 2. The lowest BCUT2D eigenvalue weighted by molar-refractivity contribution is 0.0589. The zero-order chi connectivity index (χ0) is 22.1. The molecule has 2 aliphatic heterocycles. The number of fused-ring (bicyclic) bond motifs is 2. The van der Waals surface area contributed by atoms with Crippen LogP contribution in [0.3, 0.4) is 0 Å². The first-order valence-corrected chi connectivity index (χ1v) is 10.8. The number of aromatic nitrogens is 2. The molecule has 0 amide bonds. The molecule has 2 fully saturated rings. The number of rotatable bonds is 5. The molecule has 0 saturated carbocycles. The monoisotopic (exact) mass is 440 g/mol. The third-order valence-electron chi connectivity index (χ3n) is 6.30. The van der Waals surface area contributed by atoms with Crippen LogP contribution >= 0.6 is 0 Å². The quantitative estimate of drug-likeness (QED) is 0.560. The Kier molecular flexibility index (Phi) is 5.65. The predicted molar refractivity (Wildman–Crippen MR) is 115 cm³/mol. The minimum absolute atomic E-state index is 0.241. The number of anilines is 1. The first-order valence-electron chi connectivity index (χ1n) is 10.8. The van der Waals surface area contributed by atoms with Crippen LogP contribution in [0.2, 0.25) is 0 Å². The smallest absolute Gasteiger partial charge is 0.356 e. The Morgan fingerprint density at radius 3 is 3.00 bits per heavy atom. The van der Waals surface area contributed by atoms with Crippen LogP contribution in [0.15, 0.2) is 40.9 Å². The summed E-state index contributed by atoms with van der Waals surface area (Å²) in [6, 6.07) is 10.0. The highest BCUT2D eigenvalue weighted by atomic mass is 19.1. The van der Waals surface area contributed by atoms with E-state index in [1.54, 1.807) is 24.3 Å². The number of pyridine rings is 1. The fraction of sp³-hybridized carbons (Fsp3) is 0.435. The van der Waals surface area contributed by atoms with Crippen molar-refractivity contribution in [2.24, 2.45) is 5.92 Å². The molecule has 3 aromatic rings. The van der Waals surface area contributed by atoms with Crippen molar-refractivity contribution in [2.45, 2.75) is 18.9 Å². The molecule has 2 saturated heterocycles. The lowest BCUT2D eigenvalue weighted by Gasteiger charge is -2.46. The number of nitrogens with zero attached hydrogens (tertiary/aromatic N) is 4. The van der Waals surface area contributed by atoms with E-state index >= 15 is 0 Å². The zero-order valence-electron chi connectivity index (χ0n) is 17.9. The van der Waals surface area contributed by atoms with Crippen molar-refractivity contribution in [2.75, 3.05) is 44.8 Å². The van der Waals surface area contributed by atoms with Gasteiger partial charge in [-0.3, -0.25) is 4.90 Å². The summed E-state index contributed by atoms with van der Waals surface area (Å²) in [6.45, 7) is 4.06. The van der Waals surface area contributed by atoms with Gasteiger partial charge in [0.05, 0.1) is 19.1 Å². The lowest BCUT2D eigenvalue weighted by atomic mass is 9.91. The van der Waals surface area contributed by atoms with Gasteiger partial charge in [-0.15, -0.1) is 0 Å². The molecule has 8 nitrogen and oxygen atoms in total. The maximum absolute atomic E-state index is 13.7. The van der Waals surface area contributed by atoms with Gasteiger partial charge in [-0.25, -0.2) is 14.2 Å². The van der Waals surface area contributed by atoms with E-state index in [0.29, 0.717) is 30.0 Å². The Morgan fingerprint density at radius 2 is 2.12 bits per heavy atom. The summed E-state index contributed by atoms with van der Waals surface area (Å²) in [5.74, 6) is 0.790. The van der Waals surface area contributed by atoms with Crippen molar-refractivity contribution in [3.63, 3.8) is 0 Å². The Hall–Kier alpha value is -3.20. The number of esters is 1. The van der Waals surface area contributed by atoms with Crippen molar-refractivity contribution >= 4 is 22.8 Å². The summed E-state index contributed by atoms with van der Waals surface area (Å²) in [5, 5.41) is 4.93. The van der Waals surface area contributed by atoms with Crippen LogP contribution in [0.4, 0.5) is 10.2 Å². The average molecular weight is 440 g/mol. The molecule has 2 aliphatic rings. The molecule has 0 aliphatic carbocycles. The van der Waals surface area contributed by atoms with Crippen LogP contribution in [0.25, 0.3) is 11.0 Å². The van der Waals surface area contributed by atoms with Gasteiger partial charge in [0.15, 0.2) is 17.1 Å². The number of benzene rings is 1. The van der Waals surface area contributed by atoms with Gasteiger partial charge in [0.1, 0.15) is 5.82 Å². The summed E-state index contributed by atoms with van der Waals surface area (Å²) in [6.07, 6.45) is 2.09. The van der Waals surface area contributed by atoms with Crippen LogP contribution in [-0.2, 0) is 4.74 Å². The van der Waals surface area contributed by atoms with E-state index in [1.807, 2.05) is 0 Å². The second-order valence-electron chi connectivity index (χ2n) is 8.35. The van der Waals surface area contributed by atoms with Gasteiger partial charge in [-0.05, 0) is 37.1 Å². The number of carbonyl (C=O) groups excluding carboxylic acids is 1. The van der Waals surface area contributed by atoms with Crippen molar-refractivity contribution in [3.8, 4) is 5.88 Å². The van der Waals surface area contributed by atoms with E-state index in [1.165, 1.54) is 19.2 Å². The summed E-state index contributed by atoms with van der Waals surface area (Å²) in [7, 11) is 1.33. The molecular formula is C23H25FN4O4. The third-order valence-corrected chi connectivity index (χ3v) is 6.30. The molecule has 0 bridgehead atoms. The highest BCUT2D eigenvalue weighted by Crippen LogP contribution is 2.31. The topological polar surface area (TPSA) is 80.9 Å². The summed E-state index contributed by atoms with van der Waals surface area (Å²) in [5.41, 5.74) is 0.847. The Balaban J connectivity index is 1.18. The SMILES string of the molecule is COC(=O)c1cccc(OC[C@@H]2CC[C@H]3CN(c4noc5ccc(F)cc45)CCN3C2)n1. The number of piperidine rings is 1. The molecule has 2 aromatic heterocycles. The van der Waals surface area contributed by atoms with Crippen LogP contribution in [0, 0.1) is 11.7 Å². The van der Waals surface area contributed by atoms with E-state index in [2.05, 4.69) is 19.9 Å². The van der Waals surface area contributed by atoms with Crippen LogP contribution in [0.5, 0.6) is 5.88 Å². The normalized spacial score (nSPS) is 21.4. The van der Waals surface area contributed by atoms with Crippen LogP contribution < -0.4 is 9.64 Å². The summed E-state index contributed by atoms with van der Waals surface area (Å²) in [4.78, 5) is 20.6. The predicted octanol–water partition coefficient (Wildman–Crippen LogP) is 3.13. The van der Waals surface area contributed by atoms with Crippen LogP contribution in [-0.4, -0.2) is 66.9 Å². The molecule has 0 unspecified atom stereocenters. The molecule has 5 rings (SSSR count). The number of hydrogen-bond acceptors (Lipinski definition) is 8. The molecule has 168 valence electrons. The first-order chi connectivity index (χ1) is 15.6. The first kappa shape index (κ1) is 20.7. The van der Waals surface area contributed by atoms with E-state index < -0.39 is 5.97 Å². The van der Waals surface area contributed by atoms with Crippen molar-refractivity contribution < 1.29 is 23.2 Å². The molecule has 2 atom stereocenters. The minimum Gasteiger partial charge on any atom is -0.477 e. The minimum atomic E-state index is -0.476. The van der Waals surface area contributed by atoms with E-state index in [0.717, 1.165) is 50.2 Å². The average Bonchev–Trinajstić information content (AvgIpc) is 3.25. The summed E-state index contributed by atoms with van der Waals surface area (Å²) >= 11 is 0. The van der Waals surface area contributed by atoms with Gasteiger partial charge in [-0.2, -0.15) is 0 Å². The van der Waals surface area contributed by atoms with Gasteiger partial charge in [0.2, 0.25) is 5.88 Å². The van der Waals surface area contributed by atoms with Gasteiger partial charge in [-0.1, -0.05) is 11.2 Å². The molecule has 0 spiro atoms. The fourth-order valence-electron chi connectivity index (χ4n) is 4.63. The molecule has 0 N–H and O–H groups in total. The fourth-order valence-corrected chi connectivity index (χ4v) is 4.63. The van der Waals surface area contributed by atoms with Gasteiger partial charge >= 0.3 is 5.97 Å². The number of halogens is 1. The molecule has 32 heavy (non-hydrogen) atoms. The largest absolute Gasteiger partial charge is 0.477 e. The van der Waals surface area contributed by atoms with Crippen LogP contribution in [0.1, 0.15) is 23.3 Å². The number of piperazine rings is 1. The maximum Gasteiger partial charge on any atom is 0.356 e. The Bertz CT molecular complexity index is 1120. The second kappa shape index (κ2) is 8.74. The number of hydrogen-bond donors (Lipinski definition) is 0. The number of methoxy groups -OCH3 is 1. The van der Waals surface area contributed by atoms with Crippen molar-refractivity contribution in [1.29, 1.82) is 0 Å². The van der Waals surface area contributed by atoms with Crippen molar-refractivity contribution in [3.05, 3.63) is 47.9 Å². The maximum atomic E-state index is 13.7. The van der Waals surface area contributed by atoms with E-state index in [9.17, 15) is 9.18 Å².